The SMILES string of the molecule is CCCOc1ccc(N2C(=O)CC(N3CCC(Cc4ccccc4)CC3)C2=O)cc1. The first kappa shape index (κ1) is 20.6. The van der Waals surface area contributed by atoms with Gasteiger partial charge in [-0.2, -0.15) is 0 Å². The molecule has 0 aliphatic carbocycles. The van der Waals surface area contributed by atoms with Crippen LogP contribution in [0.4, 0.5) is 5.69 Å². The van der Waals surface area contributed by atoms with E-state index in [1.807, 2.05) is 18.2 Å². The van der Waals surface area contributed by atoms with E-state index in [0.717, 1.165) is 44.5 Å². The van der Waals surface area contributed by atoms with Crippen molar-refractivity contribution in [2.45, 2.75) is 45.1 Å². The van der Waals surface area contributed by atoms with Crippen molar-refractivity contribution in [3.8, 4) is 5.75 Å². The van der Waals surface area contributed by atoms with E-state index in [-0.39, 0.29) is 24.3 Å². The molecule has 5 heteroatoms. The molecule has 0 radical (unpaired) electrons. The fraction of sp³-hybridized carbons (Fsp3) is 0.440. The molecule has 1 atom stereocenters. The fourth-order valence-corrected chi connectivity index (χ4v) is 4.50. The standard InChI is InChI=1S/C25H30N2O3/c1-2-16-30-22-10-8-21(9-11-22)27-24(28)18-23(25(27)29)26-14-12-20(13-15-26)17-19-6-4-3-5-7-19/h3-11,20,23H,2,12-18H2,1H3. The van der Waals surface area contributed by atoms with E-state index in [2.05, 4.69) is 36.1 Å². The summed E-state index contributed by atoms with van der Waals surface area (Å²) in [7, 11) is 0. The molecule has 0 spiro atoms. The van der Waals surface area contributed by atoms with Gasteiger partial charge < -0.3 is 4.74 Å². The first-order valence-corrected chi connectivity index (χ1v) is 11.0. The largest absolute Gasteiger partial charge is 0.494 e. The van der Waals surface area contributed by atoms with Gasteiger partial charge in [0.25, 0.3) is 5.91 Å². The van der Waals surface area contributed by atoms with Crippen LogP contribution in [0.5, 0.6) is 5.75 Å². The second kappa shape index (κ2) is 9.43. The number of piperidine rings is 1. The van der Waals surface area contributed by atoms with E-state index in [9.17, 15) is 9.59 Å². The number of rotatable bonds is 7. The van der Waals surface area contributed by atoms with Crippen LogP contribution in [0.3, 0.4) is 0 Å². The molecular weight excluding hydrogens is 376 g/mol. The lowest BCUT2D eigenvalue weighted by Gasteiger charge is -2.34. The minimum atomic E-state index is -0.328. The normalized spacial score (nSPS) is 20.7. The Morgan fingerprint density at radius 1 is 0.967 bits per heavy atom. The molecule has 2 aromatic carbocycles. The van der Waals surface area contributed by atoms with Crippen LogP contribution in [0, 0.1) is 5.92 Å². The predicted octanol–water partition coefficient (Wildman–Crippen LogP) is 4.06. The summed E-state index contributed by atoms with van der Waals surface area (Å²) >= 11 is 0. The Balaban J connectivity index is 1.35. The number of hydrogen-bond donors (Lipinski definition) is 0. The number of hydrogen-bond acceptors (Lipinski definition) is 4. The van der Waals surface area contributed by atoms with Gasteiger partial charge in [0.1, 0.15) is 5.75 Å². The van der Waals surface area contributed by atoms with Crippen LogP contribution in [0.15, 0.2) is 54.6 Å². The number of likely N-dealkylation sites (tertiary alicyclic amines) is 1. The predicted molar refractivity (Wildman–Crippen MR) is 118 cm³/mol. The molecule has 1 unspecified atom stereocenters. The van der Waals surface area contributed by atoms with Gasteiger partial charge in [0, 0.05) is 0 Å². The molecule has 30 heavy (non-hydrogen) atoms. The van der Waals surface area contributed by atoms with Gasteiger partial charge in [0.15, 0.2) is 0 Å². The molecule has 2 saturated heterocycles. The van der Waals surface area contributed by atoms with E-state index in [4.69, 9.17) is 4.74 Å². The van der Waals surface area contributed by atoms with Gasteiger partial charge in [-0.05, 0) is 74.5 Å². The minimum absolute atomic E-state index is 0.0938. The van der Waals surface area contributed by atoms with Crippen molar-refractivity contribution in [2.24, 2.45) is 5.92 Å². The van der Waals surface area contributed by atoms with E-state index in [1.54, 1.807) is 12.1 Å². The number of ether oxygens (including phenoxy) is 1. The van der Waals surface area contributed by atoms with Gasteiger partial charge >= 0.3 is 0 Å². The molecule has 4 rings (SSSR count). The summed E-state index contributed by atoms with van der Waals surface area (Å²) in [5.41, 5.74) is 2.01. The van der Waals surface area contributed by atoms with Gasteiger partial charge in [-0.1, -0.05) is 37.3 Å². The number of anilines is 1. The zero-order valence-electron chi connectivity index (χ0n) is 17.6. The average Bonchev–Trinajstić information content (AvgIpc) is 3.08. The average molecular weight is 407 g/mol. The second-order valence-electron chi connectivity index (χ2n) is 8.30. The van der Waals surface area contributed by atoms with Gasteiger partial charge in [-0.25, -0.2) is 4.90 Å². The number of nitrogens with zero attached hydrogens (tertiary/aromatic N) is 2. The molecule has 0 saturated carbocycles. The summed E-state index contributed by atoms with van der Waals surface area (Å²) in [6.07, 6.45) is 4.43. The van der Waals surface area contributed by atoms with Crippen LogP contribution in [0.25, 0.3) is 0 Å². The Kier molecular flexibility index (Phi) is 6.48. The molecule has 2 aromatic rings. The molecule has 2 aliphatic rings. The molecule has 5 nitrogen and oxygen atoms in total. The minimum Gasteiger partial charge on any atom is -0.494 e. The Morgan fingerprint density at radius 3 is 2.33 bits per heavy atom. The van der Waals surface area contributed by atoms with Crippen LogP contribution in [0.1, 0.15) is 38.2 Å². The summed E-state index contributed by atoms with van der Waals surface area (Å²) in [5.74, 6) is 1.20. The molecule has 2 amide bonds. The highest BCUT2D eigenvalue weighted by Gasteiger charge is 2.43. The van der Waals surface area contributed by atoms with E-state index >= 15 is 0 Å². The zero-order chi connectivity index (χ0) is 20.9. The maximum atomic E-state index is 13.1. The van der Waals surface area contributed by atoms with Crippen molar-refractivity contribution in [1.29, 1.82) is 0 Å². The van der Waals surface area contributed by atoms with E-state index in [1.165, 1.54) is 10.5 Å². The topological polar surface area (TPSA) is 49.9 Å². The third-order valence-corrected chi connectivity index (χ3v) is 6.15. The summed E-state index contributed by atoms with van der Waals surface area (Å²) < 4.78 is 5.60. The third kappa shape index (κ3) is 4.57. The fourth-order valence-electron chi connectivity index (χ4n) is 4.50. The van der Waals surface area contributed by atoms with Crippen molar-refractivity contribution < 1.29 is 14.3 Å². The first-order valence-electron chi connectivity index (χ1n) is 11.0. The monoisotopic (exact) mass is 406 g/mol. The highest BCUT2D eigenvalue weighted by molar-refractivity contribution is 6.22. The van der Waals surface area contributed by atoms with Crippen molar-refractivity contribution in [3.63, 3.8) is 0 Å². The lowest BCUT2D eigenvalue weighted by molar-refractivity contribution is -0.123. The van der Waals surface area contributed by atoms with Crippen molar-refractivity contribution in [2.75, 3.05) is 24.6 Å². The van der Waals surface area contributed by atoms with Crippen LogP contribution in [-0.4, -0.2) is 42.5 Å². The smallest absolute Gasteiger partial charge is 0.251 e. The highest BCUT2D eigenvalue weighted by atomic mass is 16.5. The zero-order valence-corrected chi connectivity index (χ0v) is 17.6. The molecule has 0 aromatic heterocycles. The molecule has 0 N–H and O–H groups in total. The van der Waals surface area contributed by atoms with Crippen LogP contribution >= 0.6 is 0 Å². The van der Waals surface area contributed by atoms with E-state index < -0.39 is 0 Å². The van der Waals surface area contributed by atoms with Gasteiger partial charge in [-0.3, -0.25) is 14.5 Å². The number of amides is 2. The number of imide groups is 1. The lowest BCUT2D eigenvalue weighted by atomic mass is 9.89. The second-order valence-corrected chi connectivity index (χ2v) is 8.30. The Bertz CT molecular complexity index is 858. The molecule has 2 heterocycles. The van der Waals surface area contributed by atoms with Gasteiger partial charge in [0.05, 0.1) is 24.8 Å². The third-order valence-electron chi connectivity index (χ3n) is 6.15. The Labute approximate surface area is 178 Å². The maximum Gasteiger partial charge on any atom is 0.251 e. The molecule has 2 aliphatic heterocycles. The number of benzene rings is 2. The van der Waals surface area contributed by atoms with Crippen LogP contribution in [0.2, 0.25) is 0 Å². The number of carbonyl (C=O) groups is 2. The summed E-state index contributed by atoms with van der Waals surface area (Å²) in [6, 6.07) is 17.5. The van der Waals surface area contributed by atoms with Crippen molar-refractivity contribution in [3.05, 3.63) is 60.2 Å². The van der Waals surface area contributed by atoms with Gasteiger partial charge in [-0.15, -0.1) is 0 Å². The summed E-state index contributed by atoms with van der Waals surface area (Å²) in [4.78, 5) is 29.3. The van der Waals surface area contributed by atoms with Crippen LogP contribution in [-0.2, 0) is 16.0 Å². The van der Waals surface area contributed by atoms with Crippen LogP contribution < -0.4 is 9.64 Å². The quantitative estimate of drug-likeness (QED) is 0.651. The van der Waals surface area contributed by atoms with E-state index in [0.29, 0.717) is 18.2 Å². The lowest BCUT2D eigenvalue weighted by Crippen LogP contribution is -2.46. The summed E-state index contributed by atoms with van der Waals surface area (Å²) in [5, 5.41) is 0. The highest BCUT2D eigenvalue weighted by Crippen LogP contribution is 2.30. The maximum absolute atomic E-state index is 13.1. The first-order chi connectivity index (χ1) is 14.7. The Morgan fingerprint density at radius 2 is 1.67 bits per heavy atom. The number of carbonyl (C=O) groups excluding carboxylic acids is 2. The van der Waals surface area contributed by atoms with Gasteiger partial charge in [0.2, 0.25) is 5.91 Å². The molecular formula is C25H30N2O3. The van der Waals surface area contributed by atoms with Crippen molar-refractivity contribution in [1.82, 2.24) is 4.90 Å². The Hall–Kier alpha value is -2.66. The molecule has 0 bridgehead atoms. The summed E-state index contributed by atoms with van der Waals surface area (Å²) in [6.45, 7) is 4.46. The molecule has 2 fully saturated rings. The molecule has 158 valence electrons. The van der Waals surface area contributed by atoms with Crippen molar-refractivity contribution >= 4 is 17.5 Å².